The number of benzene rings is 3. The molecule has 0 saturated carbocycles. The normalized spacial score (nSPS) is 11.4. The Hall–Kier alpha value is -4.13. The van der Waals surface area contributed by atoms with Crippen LogP contribution in [0.4, 0.5) is 16.3 Å². The highest BCUT2D eigenvalue weighted by atomic mass is 16.2. The molecule has 0 fully saturated rings. The first-order chi connectivity index (χ1) is 17.7. The molecule has 37 heavy (non-hydrogen) atoms. The van der Waals surface area contributed by atoms with Gasteiger partial charge in [0.2, 0.25) is 5.91 Å². The lowest BCUT2D eigenvalue weighted by atomic mass is 9.92. The Morgan fingerprint density at radius 2 is 1.68 bits per heavy atom. The molecule has 3 amide bonds. The maximum absolute atomic E-state index is 13.2. The van der Waals surface area contributed by atoms with E-state index in [-0.39, 0.29) is 23.9 Å². The maximum atomic E-state index is 13.2. The molecule has 2 N–H and O–H groups in total. The van der Waals surface area contributed by atoms with Gasteiger partial charge in [-0.25, -0.2) is 9.48 Å². The Morgan fingerprint density at radius 1 is 0.946 bits per heavy atom. The Morgan fingerprint density at radius 3 is 2.41 bits per heavy atom. The van der Waals surface area contributed by atoms with Crippen LogP contribution in [-0.2, 0) is 10.2 Å². The summed E-state index contributed by atoms with van der Waals surface area (Å²) in [7, 11) is 0. The van der Waals surface area contributed by atoms with Gasteiger partial charge in [-0.2, -0.15) is 5.10 Å². The molecule has 7 heteroatoms. The molecule has 1 aromatic heterocycles. The second-order valence-corrected chi connectivity index (χ2v) is 10.3. The van der Waals surface area contributed by atoms with Crippen molar-refractivity contribution in [3.63, 3.8) is 0 Å². The topological polar surface area (TPSA) is 79.3 Å². The lowest BCUT2D eigenvalue weighted by Crippen LogP contribution is -2.41. The van der Waals surface area contributed by atoms with E-state index >= 15 is 0 Å². The molecule has 0 radical (unpaired) electrons. The minimum Gasteiger partial charge on any atom is -0.315 e. The number of nitrogens with zero attached hydrogens (tertiary/aromatic N) is 3. The zero-order valence-corrected chi connectivity index (χ0v) is 22.2. The van der Waals surface area contributed by atoms with Gasteiger partial charge in [0.1, 0.15) is 12.4 Å². The van der Waals surface area contributed by atoms with Crippen molar-refractivity contribution in [2.75, 3.05) is 23.7 Å². The molecule has 3 aromatic carbocycles. The summed E-state index contributed by atoms with van der Waals surface area (Å²) in [5.74, 6) is 0.294. The average Bonchev–Trinajstić information content (AvgIpc) is 3.28. The predicted molar refractivity (Wildman–Crippen MR) is 150 cm³/mol. The Bertz CT molecular complexity index is 1410. The van der Waals surface area contributed by atoms with Gasteiger partial charge < -0.3 is 15.5 Å². The molecule has 0 atom stereocenters. The molecule has 0 aliphatic rings. The lowest BCUT2D eigenvalue weighted by Gasteiger charge is -2.22. The molecule has 7 nitrogen and oxygen atoms in total. The minimum absolute atomic E-state index is 0.0751. The fraction of sp³-hybridized carbons (Fsp3) is 0.300. The standard InChI is InChI=1S/C30H35N5O2/c1-6-17-34(29(37)31-25-16-10-13-22-12-7-8-15-24(22)25)20-28(36)32-27-19-26(30(3,4)5)33-35(27)23-14-9-11-21(2)18-23/h7-16,18-19H,6,17,20H2,1-5H3,(H,31,37)(H,32,36). The van der Waals surface area contributed by atoms with E-state index in [0.717, 1.165) is 39.8 Å². The number of hydrogen-bond donors (Lipinski definition) is 2. The Labute approximate surface area is 218 Å². The zero-order valence-electron chi connectivity index (χ0n) is 22.2. The third-order valence-corrected chi connectivity index (χ3v) is 6.14. The quantitative estimate of drug-likeness (QED) is 0.305. The van der Waals surface area contributed by atoms with Gasteiger partial charge in [0.15, 0.2) is 0 Å². The number of carbonyl (C=O) groups excluding carboxylic acids is 2. The first-order valence-corrected chi connectivity index (χ1v) is 12.7. The third-order valence-electron chi connectivity index (χ3n) is 6.14. The van der Waals surface area contributed by atoms with Crippen LogP contribution in [0.1, 0.15) is 45.4 Å². The number of amides is 3. The van der Waals surface area contributed by atoms with E-state index in [1.54, 1.807) is 4.68 Å². The smallest absolute Gasteiger partial charge is 0.315 e. The molecule has 0 aliphatic heterocycles. The van der Waals surface area contributed by atoms with Crippen molar-refractivity contribution in [2.24, 2.45) is 0 Å². The van der Waals surface area contributed by atoms with Gasteiger partial charge in [-0.3, -0.25) is 4.79 Å². The lowest BCUT2D eigenvalue weighted by molar-refractivity contribution is -0.116. The van der Waals surface area contributed by atoms with Gasteiger partial charge in [-0.15, -0.1) is 0 Å². The molecule has 0 spiro atoms. The van der Waals surface area contributed by atoms with Crippen LogP contribution in [0.15, 0.2) is 72.8 Å². The fourth-order valence-corrected chi connectivity index (χ4v) is 4.20. The number of aryl methyl sites for hydroxylation is 1. The van der Waals surface area contributed by atoms with Gasteiger partial charge in [-0.05, 0) is 42.5 Å². The molecule has 4 rings (SSSR count). The van der Waals surface area contributed by atoms with Gasteiger partial charge in [0.25, 0.3) is 0 Å². The van der Waals surface area contributed by atoms with Crippen molar-refractivity contribution in [1.29, 1.82) is 0 Å². The van der Waals surface area contributed by atoms with Crippen LogP contribution in [-0.4, -0.2) is 39.7 Å². The van der Waals surface area contributed by atoms with E-state index in [1.165, 1.54) is 4.90 Å². The molecule has 0 unspecified atom stereocenters. The molecule has 0 saturated heterocycles. The van der Waals surface area contributed by atoms with Crippen LogP contribution < -0.4 is 10.6 Å². The highest BCUT2D eigenvalue weighted by Crippen LogP contribution is 2.27. The Balaban J connectivity index is 1.54. The number of hydrogen-bond acceptors (Lipinski definition) is 3. The number of anilines is 2. The summed E-state index contributed by atoms with van der Waals surface area (Å²) >= 11 is 0. The van der Waals surface area contributed by atoms with Crippen molar-refractivity contribution in [3.8, 4) is 5.69 Å². The first-order valence-electron chi connectivity index (χ1n) is 12.7. The molecule has 1 heterocycles. The Kier molecular flexibility index (Phi) is 7.62. The van der Waals surface area contributed by atoms with Crippen LogP contribution >= 0.6 is 0 Å². The third kappa shape index (κ3) is 6.17. The number of urea groups is 1. The summed E-state index contributed by atoms with van der Waals surface area (Å²) in [5, 5.41) is 12.8. The van der Waals surface area contributed by atoms with E-state index in [2.05, 4.69) is 31.4 Å². The summed E-state index contributed by atoms with van der Waals surface area (Å²) in [5.41, 5.74) is 3.35. The van der Waals surface area contributed by atoms with Crippen molar-refractivity contribution in [2.45, 2.75) is 46.5 Å². The monoisotopic (exact) mass is 497 g/mol. The SMILES string of the molecule is CCCN(CC(=O)Nc1cc(C(C)(C)C)nn1-c1cccc(C)c1)C(=O)Nc1cccc2ccccc12. The number of rotatable bonds is 7. The summed E-state index contributed by atoms with van der Waals surface area (Å²) < 4.78 is 1.76. The molecular weight excluding hydrogens is 462 g/mol. The summed E-state index contributed by atoms with van der Waals surface area (Å²) in [6.45, 7) is 10.6. The fourth-order valence-electron chi connectivity index (χ4n) is 4.20. The second-order valence-electron chi connectivity index (χ2n) is 10.3. The van der Waals surface area contributed by atoms with Crippen molar-refractivity contribution >= 4 is 34.2 Å². The van der Waals surface area contributed by atoms with Crippen LogP contribution in [0.5, 0.6) is 0 Å². The number of nitrogens with one attached hydrogen (secondary N) is 2. The van der Waals surface area contributed by atoms with Crippen LogP contribution in [0.2, 0.25) is 0 Å². The summed E-state index contributed by atoms with van der Waals surface area (Å²) in [4.78, 5) is 28.0. The second kappa shape index (κ2) is 10.9. The maximum Gasteiger partial charge on any atom is 0.322 e. The summed E-state index contributed by atoms with van der Waals surface area (Å²) in [6, 6.07) is 23.2. The van der Waals surface area contributed by atoms with Crippen LogP contribution in [0.25, 0.3) is 16.5 Å². The number of fused-ring (bicyclic) bond motifs is 1. The van der Waals surface area contributed by atoms with E-state index in [9.17, 15) is 9.59 Å². The van der Waals surface area contributed by atoms with Crippen molar-refractivity contribution < 1.29 is 9.59 Å². The van der Waals surface area contributed by atoms with E-state index < -0.39 is 0 Å². The van der Waals surface area contributed by atoms with E-state index in [1.807, 2.05) is 86.6 Å². The number of aromatic nitrogens is 2. The minimum atomic E-state index is -0.309. The summed E-state index contributed by atoms with van der Waals surface area (Å²) in [6.07, 6.45) is 0.728. The molecule has 192 valence electrons. The first kappa shape index (κ1) is 25.9. The predicted octanol–water partition coefficient (Wildman–Crippen LogP) is 6.51. The van der Waals surface area contributed by atoms with Gasteiger partial charge in [0.05, 0.1) is 17.1 Å². The zero-order chi connectivity index (χ0) is 26.6. The van der Waals surface area contributed by atoms with Gasteiger partial charge >= 0.3 is 6.03 Å². The molecular formula is C30H35N5O2. The van der Waals surface area contributed by atoms with Gasteiger partial charge in [-0.1, -0.05) is 76.2 Å². The largest absolute Gasteiger partial charge is 0.322 e. The van der Waals surface area contributed by atoms with Crippen LogP contribution in [0.3, 0.4) is 0 Å². The van der Waals surface area contributed by atoms with E-state index in [4.69, 9.17) is 5.10 Å². The average molecular weight is 498 g/mol. The highest BCUT2D eigenvalue weighted by Gasteiger charge is 2.23. The van der Waals surface area contributed by atoms with Crippen LogP contribution in [0, 0.1) is 6.92 Å². The molecule has 0 bridgehead atoms. The molecule has 4 aromatic rings. The van der Waals surface area contributed by atoms with Crippen molar-refractivity contribution in [1.82, 2.24) is 14.7 Å². The van der Waals surface area contributed by atoms with Gasteiger partial charge in [0, 0.05) is 23.4 Å². The number of carbonyl (C=O) groups is 2. The van der Waals surface area contributed by atoms with Crippen molar-refractivity contribution in [3.05, 3.63) is 84.1 Å². The molecule has 0 aliphatic carbocycles. The van der Waals surface area contributed by atoms with E-state index in [0.29, 0.717) is 12.4 Å². The highest BCUT2D eigenvalue weighted by molar-refractivity contribution is 6.03.